The van der Waals surface area contributed by atoms with E-state index in [1.54, 1.807) is 0 Å². The molecule has 1 aromatic rings. The molecule has 0 aromatic heterocycles. The fourth-order valence-corrected chi connectivity index (χ4v) is 2.86. The molecule has 7 heteroatoms. The van der Waals surface area contributed by atoms with Crippen LogP contribution in [0, 0.1) is 16.0 Å². The molecule has 0 spiro atoms. The van der Waals surface area contributed by atoms with Crippen molar-refractivity contribution in [1.29, 1.82) is 0 Å². The third kappa shape index (κ3) is 2.69. The van der Waals surface area contributed by atoms with Crippen LogP contribution >= 0.6 is 0 Å². The number of nitro benzene ring substituents is 1. The number of rotatable bonds is 5. The Morgan fingerprint density at radius 3 is 2.76 bits per heavy atom. The number of hydrogen-bond donors (Lipinski definition) is 2. The fourth-order valence-electron chi connectivity index (χ4n) is 2.86. The van der Waals surface area contributed by atoms with Crippen molar-refractivity contribution in [3.63, 3.8) is 0 Å². The maximum atomic E-state index is 11.3. The Hall–Kier alpha value is -2.15. The van der Waals surface area contributed by atoms with Gasteiger partial charge < -0.3 is 15.2 Å². The lowest BCUT2D eigenvalue weighted by Crippen LogP contribution is -2.31. The topological polar surface area (TPSA) is 102 Å². The van der Waals surface area contributed by atoms with Crippen LogP contribution < -0.4 is 5.32 Å². The number of nitro groups is 1. The minimum atomic E-state index is -1.18. The molecule has 0 amide bonds. The predicted molar refractivity (Wildman–Crippen MR) is 74.5 cm³/mol. The number of hydrogen-bond acceptors (Lipinski definition) is 5. The Bertz CT molecular complexity index is 552. The summed E-state index contributed by atoms with van der Waals surface area (Å²) in [6, 6.07) is 4.00. The fraction of sp³-hybridized carbons (Fsp3) is 0.500. The molecule has 3 rings (SSSR count). The molecule has 2 atom stereocenters. The first-order chi connectivity index (χ1) is 10.1. The number of carboxylic acid groups (broad SMARTS) is 1. The first-order valence-corrected chi connectivity index (χ1v) is 6.96. The van der Waals surface area contributed by atoms with Crippen LogP contribution in [0.3, 0.4) is 0 Å². The summed E-state index contributed by atoms with van der Waals surface area (Å²) < 4.78 is 5.68. The first-order valence-electron chi connectivity index (χ1n) is 6.96. The molecule has 2 N–H and O–H groups in total. The van der Waals surface area contributed by atoms with Gasteiger partial charge in [-0.3, -0.25) is 10.1 Å². The summed E-state index contributed by atoms with van der Waals surface area (Å²) in [7, 11) is 0. The van der Waals surface area contributed by atoms with Crippen molar-refractivity contribution in [1.82, 2.24) is 0 Å². The van der Waals surface area contributed by atoms with Crippen molar-refractivity contribution >= 4 is 17.3 Å². The highest BCUT2D eigenvalue weighted by Gasteiger charge is 2.41. The van der Waals surface area contributed by atoms with E-state index < -0.39 is 10.9 Å². The molecule has 1 heterocycles. The summed E-state index contributed by atoms with van der Waals surface area (Å²) in [5, 5.41) is 23.4. The number of nitrogens with zero attached hydrogens (tertiary/aromatic N) is 1. The van der Waals surface area contributed by atoms with Crippen LogP contribution in [-0.4, -0.2) is 34.8 Å². The number of aromatic carboxylic acids is 1. The van der Waals surface area contributed by atoms with Crippen molar-refractivity contribution < 1.29 is 19.6 Å². The molecule has 2 fully saturated rings. The zero-order valence-corrected chi connectivity index (χ0v) is 11.3. The molecular weight excluding hydrogens is 276 g/mol. The second-order valence-electron chi connectivity index (χ2n) is 5.47. The zero-order valence-electron chi connectivity index (χ0n) is 11.3. The van der Waals surface area contributed by atoms with Gasteiger partial charge in [-0.25, -0.2) is 4.79 Å². The number of nitrogens with one attached hydrogen (secondary N) is 1. The molecule has 2 unspecified atom stereocenters. The van der Waals surface area contributed by atoms with E-state index in [1.807, 2.05) is 0 Å². The molecule has 0 bridgehead atoms. The largest absolute Gasteiger partial charge is 0.478 e. The summed E-state index contributed by atoms with van der Waals surface area (Å²) in [6.45, 7) is 0.599. The van der Waals surface area contributed by atoms with Crippen molar-refractivity contribution in [3.05, 3.63) is 33.9 Å². The molecule has 1 aromatic carbocycles. The Balaban J connectivity index is 1.92. The quantitative estimate of drug-likeness (QED) is 0.637. The van der Waals surface area contributed by atoms with Gasteiger partial charge in [0.05, 0.1) is 22.6 Å². The average molecular weight is 292 g/mol. The summed E-state index contributed by atoms with van der Waals surface area (Å²) in [4.78, 5) is 21.9. The highest BCUT2D eigenvalue weighted by molar-refractivity contribution is 5.96. The molecule has 112 valence electrons. The van der Waals surface area contributed by atoms with E-state index in [4.69, 9.17) is 4.74 Å². The lowest BCUT2D eigenvalue weighted by molar-refractivity contribution is -0.384. The average Bonchev–Trinajstić information content (AvgIpc) is 3.19. The van der Waals surface area contributed by atoms with Crippen LogP contribution in [0.1, 0.15) is 29.6 Å². The van der Waals surface area contributed by atoms with Crippen molar-refractivity contribution in [3.8, 4) is 0 Å². The van der Waals surface area contributed by atoms with Gasteiger partial charge in [-0.1, -0.05) is 6.07 Å². The van der Waals surface area contributed by atoms with Crippen molar-refractivity contribution in [2.24, 2.45) is 5.92 Å². The summed E-state index contributed by atoms with van der Waals surface area (Å²) in [6.07, 6.45) is 2.95. The van der Waals surface area contributed by atoms with Crippen LogP contribution in [0.2, 0.25) is 0 Å². The van der Waals surface area contributed by atoms with Gasteiger partial charge in [-0.05, 0) is 31.2 Å². The van der Waals surface area contributed by atoms with Gasteiger partial charge in [0.1, 0.15) is 5.69 Å². The maximum Gasteiger partial charge on any atom is 0.338 e. The number of para-hydroxylation sites is 1. The van der Waals surface area contributed by atoms with Crippen LogP contribution in [-0.2, 0) is 4.74 Å². The second-order valence-corrected chi connectivity index (χ2v) is 5.47. The lowest BCUT2D eigenvalue weighted by atomic mass is 10.0. The Kier molecular flexibility index (Phi) is 3.50. The second kappa shape index (κ2) is 5.33. The molecule has 1 aliphatic heterocycles. The normalized spacial score (nSPS) is 24.8. The molecule has 7 nitrogen and oxygen atoms in total. The maximum absolute atomic E-state index is 11.3. The van der Waals surface area contributed by atoms with Crippen molar-refractivity contribution in [2.75, 3.05) is 11.9 Å². The van der Waals surface area contributed by atoms with E-state index in [9.17, 15) is 20.0 Å². The highest BCUT2D eigenvalue weighted by Crippen LogP contribution is 2.40. The van der Waals surface area contributed by atoms with Crippen LogP contribution in [0.15, 0.2) is 18.2 Å². The van der Waals surface area contributed by atoms with E-state index in [0.29, 0.717) is 12.5 Å². The van der Waals surface area contributed by atoms with E-state index in [-0.39, 0.29) is 29.1 Å². The SMILES string of the molecule is O=C(O)c1cccc([N+](=O)[O-])c1NC1CCOC1C1CC1. The van der Waals surface area contributed by atoms with E-state index in [1.165, 1.54) is 18.2 Å². The number of carbonyl (C=O) groups is 1. The number of benzene rings is 1. The van der Waals surface area contributed by atoms with E-state index >= 15 is 0 Å². The van der Waals surface area contributed by atoms with Gasteiger partial charge in [-0.15, -0.1) is 0 Å². The molecule has 0 radical (unpaired) electrons. The van der Waals surface area contributed by atoms with E-state index in [0.717, 1.165) is 19.3 Å². The minimum absolute atomic E-state index is 0.0199. The summed E-state index contributed by atoms with van der Waals surface area (Å²) >= 11 is 0. The number of anilines is 1. The molecule has 1 saturated carbocycles. The smallest absolute Gasteiger partial charge is 0.338 e. The Morgan fingerprint density at radius 1 is 1.38 bits per heavy atom. The van der Waals surface area contributed by atoms with Crippen LogP contribution in [0.5, 0.6) is 0 Å². The van der Waals surface area contributed by atoms with Gasteiger partial charge in [0.25, 0.3) is 5.69 Å². The standard InChI is InChI=1S/C14H16N2O5/c17-14(18)9-2-1-3-11(16(19)20)12(9)15-10-6-7-21-13(10)8-4-5-8/h1-3,8,10,13,15H,4-7H2,(H,17,18). The lowest BCUT2D eigenvalue weighted by Gasteiger charge is -2.21. The van der Waals surface area contributed by atoms with Gasteiger partial charge in [-0.2, -0.15) is 0 Å². The first kappa shape index (κ1) is 13.8. The molecular formula is C14H16N2O5. The van der Waals surface area contributed by atoms with Crippen LogP contribution in [0.25, 0.3) is 0 Å². The zero-order chi connectivity index (χ0) is 15.0. The third-order valence-corrected chi connectivity index (χ3v) is 4.02. The van der Waals surface area contributed by atoms with Crippen LogP contribution in [0.4, 0.5) is 11.4 Å². The Morgan fingerprint density at radius 2 is 2.14 bits per heavy atom. The number of carboxylic acids is 1. The molecule has 1 aliphatic carbocycles. The minimum Gasteiger partial charge on any atom is -0.478 e. The van der Waals surface area contributed by atoms with Gasteiger partial charge in [0.15, 0.2) is 0 Å². The molecule has 1 saturated heterocycles. The molecule has 21 heavy (non-hydrogen) atoms. The summed E-state index contributed by atoms with van der Waals surface area (Å²) in [5.41, 5.74) is -0.210. The number of ether oxygens (including phenoxy) is 1. The Labute approximate surface area is 121 Å². The predicted octanol–water partition coefficient (Wildman–Crippen LogP) is 2.27. The highest BCUT2D eigenvalue weighted by atomic mass is 16.6. The van der Waals surface area contributed by atoms with E-state index in [2.05, 4.69) is 5.32 Å². The monoisotopic (exact) mass is 292 g/mol. The van der Waals surface area contributed by atoms with Crippen molar-refractivity contribution in [2.45, 2.75) is 31.4 Å². The van der Waals surface area contributed by atoms with Gasteiger partial charge in [0.2, 0.25) is 0 Å². The summed E-state index contributed by atoms with van der Waals surface area (Å²) in [5.74, 6) is -0.691. The molecule has 2 aliphatic rings. The van der Waals surface area contributed by atoms with Gasteiger partial charge in [0, 0.05) is 12.7 Å². The third-order valence-electron chi connectivity index (χ3n) is 4.02. The van der Waals surface area contributed by atoms with Gasteiger partial charge >= 0.3 is 5.97 Å².